The summed E-state index contributed by atoms with van der Waals surface area (Å²) in [6.07, 6.45) is 0.836. The molecule has 1 N–H and O–H groups in total. The van der Waals surface area contributed by atoms with Gasteiger partial charge in [0, 0.05) is 0 Å². The van der Waals surface area contributed by atoms with E-state index in [0.717, 1.165) is 12.0 Å². The lowest BCUT2D eigenvalue weighted by molar-refractivity contribution is 0.0697. The van der Waals surface area contributed by atoms with Gasteiger partial charge in [-0.15, -0.1) is 0 Å². The lowest BCUT2D eigenvalue weighted by Gasteiger charge is -2.07. The molecule has 0 aliphatic carbocycles. The van der Waals surface area contributed by atoms with Crippen molar-refractivity contribution >= 4 is 17.1 Å². The van der Waals surface area contributed by atoms with Crippen LogP contribution in [0.25, 0.3) is 11.1 Å². The number of aryl methyl sites for hydroxylation is 1. The van der Waals surface area contributed by atoms with Crippen LogP contribution in [0.15, 0.2) is 40.8 Å². The Labute approximate surface area is 137 Å². The van der Waals surface area contributed by atoms with Crippen LogP contribution in [-0.4, -0.2) is 16.1 Å². The number of hydrogen-bond donors (Lipinski definition) is 1. The average molecular weight is 322 g/mol. The molecule has 0 atom stereocenters. The number of nitriles is 1. The number of carboxylic acids is 1. The Balaban J connectivity index is 1.83. The summed E-state index contributed by atoms with van der Waals surface area (Å²) >= 11 is 0. The average Bonchev–Trinajstić information content (AvgIpc) is 3.01. The van der Waals surface area contributed by atoms with E-state index < -0.39 is 5.97 Å². The predicted molar refractivity (Wildman–Crippen MR) is 85.8 cm³/mol. The number of aromatic carboxylic acids is 1. The number of carbonyl (C=O) groups is 1. The summed E-state index contributed by atoms with van der Waals surface area (Å²) in [5.41, 5.74) is 2.58. The number of rotatable bonds is 5. The molecule has 3 aromatic rings. The van der Waals surface area contributed by atoms with Gasteiger partial charge in [0.15, 0.2) is 12.2 Å². The van der Waals surface area contributed by atoms with Crippen molar-refractivity contribution in [3.8, 4) is 11.8 Å². The van der Waals surface area contributed by atoms with Crippen LogP contribution >= 0.6 is 0 Å². The molecular weight excluding hydrogens is 308 g/mol. The van der Waals surface area contributed by atoms with Crippen LogP contribution in [0.3, 0.4) is 0 Å². The standard InChI is InChI=1S/C18H14N2O4/c1-2-11-3-4-13(9-19)15(7-11)23-10-17-20-14-6-5-12(18(21)22)8-16(14)24-17/h3-8H,2,10H2,1H3,(H,21,22). The second kappa shape index (κ2) is 6.42. The van der Waals surface area contributed by atoms with Gasteiger partial charge >= 0.3 is 5.97 Å². The van der Waals surface area contributed by atoms with Gasteiger partial charge in [0.2, 0.25) is 5.89 Å². The third-order valence-electron chi connectivity index (χ3n) is 3.61. The van der Waals surface area contributed by atoms with Gasteiger partial charge in [0.05, 0.1) is 11.1 Å². The quantitative estimate of drug-likeness (QED) is 0.771. The van der Waals surface area contributed by atoms with E-state index in [4.69, 9.17) is 19.5 Å². The summed E-state index contributed by atoms with van der Waals surface area (Å²) in [7, 11) is 0. The molecular formula is C18H14N2O4. The minimum Gasteiger partial charge on any atom is -0.482 e. The molecule has 0 aliphatic rings. The van der Waals surface area contributed by atoms with Crippen LogP contribution in [0, 0.1) is 11.3 Å². The van der Waals surface area contributed by atoms with Gasteiger partial charge < -0.3 is 14.3 Å². The zero-order valence-corrected chi connectivity index (χ0v) is 12.9. The summed E-state index contributed by atoms with van der Waals surface area (Å²) < 4.78 is 11.2. The number of hydrogen-bond acceptors (Lipinski definition) is 5. The summed E-state index contributed by atoms with van der Waals surface area (Å²) in [5, 5.41) is 18.1. The largest absolute Gasteiger partial charge is 0.482 e. The molecule has 6 heteroatoms. The maximum Gasteiger partial charge on any atom is 0.335 e. The van der Waals surface area contributed by atoms with Gasteiger partial charge in [-0.2, -0.15) is 5.26 Å². The first kappa shape index (κ1) is 15.6. The number of ether oxygens (including phenoxy) is 1. The van der Waals surface area contributed by atoms with Crippen molar-refractivity contribution in [3.05, 3.63) is 59.0 Å². The zero-order chi connectivity index (χ0) is 17.1. The first-order chi connectivity index (χ1) is 11.6. The Morgan fingerprint density at radius 3 is 2.88 bits per heavy atom. The van der Waals surface area contributed by atoms with E-state index in [9.17, 15) is 4.79 Å². The van der Waals surface area contributed by atoms with Gasteiger partial charge in [-0.05, 0) is 42.3 Å². The lowest BCUT2D eigenvalue weighted by Crippen LogP contribution is -1.98. The second-order valence-electron chi connectivity index (χ2n) is 5.18. The fourth-order valence-electron chi connectivity index (χ4n) is 2.31. The van der Waals surface area contributed by atoms with Gasteiger partial charge in [-0.3, -0.25) is 0 Å². The highest BCUT2D eigenvalue weighted by Crippen LogP contribution is 2.23. The van der Waals surface area contributed by atoms with Crippen LogP contribution in [0.2, 0.25) is 0 Å². The van der Waals surface area contributed by atoms with Crippen LogP contribution in [0.5, 0.6) is 5.75 Å². The van der Waals surface area contributed by atoms with E-state index in [1.807, 2.05) is 19.1 Å². The van der Waals surface area contributed by atoms with Crippen LogP contribution < -0.4 is 4.74 Å². The van der Waals surface area contributed by atoms with Gasteiger partial charge in [0.1, 0.15) is 17.3 Å². The van der Waals surface area contributed by atoms with Crippen LogP contribution in [-0.2, 0) is 13.0 Å². The Hall–Kier alpha value is -3.33. The van der Waals surface area contributed by atoms with Gasteiger partial charge in [-0.1, -0.05) is 13.0 Å². The summed E-state index contributed by atoms with van der Waals surface area (Å²) in [6, 6.07) is 12.0. The lowest BCUT2D eigenvalue weighted by atomic mass is 10.1. The first-order valence-corrected chi connectivity index (χ1v) is 7.39. The molecule has 0 saturated heterocycles. The number of carboxylic acid groups (broad SMARTS) is 1. The molecule has 0 aliphatic heterocycles. The molecule has 0 bridgehead atoms. The number of benzene rings is 2. The molecule has 1 aromatic heterocycles. The van der Waals surface area contributed by atoms with Crippen molar-refractivity contribution in [2.75, 3.05) is 0 Å². The van der Waals surface area contributed by atoms with E-state index >= 15 is 0 Å². The maximum atomic E-state index is 11.0. The number of aromatic nitrogens is 1. The molecule has 2 aromatic carbocycles. The van der Waals surface area contributed by atoms with Crippen molar-refractivity contribution in [2.45, 2.75) is 20.0 Å². The minimum atomic E-state index is -1.03. The molecule has 0 radical (unpaired) electrons. The molecule has 0 unspecified atom stereocenters. The van der Waals surface area contributed by atoms with Crippen molar-refractivity contribution in [1.82, 2.24) is 4.98 Å². The SMILES string of the molecule is CCc1ccc(C#N)c(OCc2nc3ccc(C(=O)O)cc3o2)c1. The first-order valence-electron chi connectivity index (χ1n) is 7.39. The topological polar surface area (TPSA) is 96.3 Å². The molecule has 6 nitrogen and oxygen atoms in total. The fraction of sp³-hybridized carbons (Fsp3) is 0.167. The Bertz CT molecular complexity index is 953. The number of fused-ring (bicyclic) bond motifs is 1. The monoisotopic (exact) mass is 322 g/mol. The maximum absolute atomic E-state index is 11.0. The molecule has 120 valence electrons. The summed E-state index contributed by atoms with van der Waals surface area (Å²) in [5.74, 6) is -0.232. The highest BCUT2D eigenvalue weighted by atomic mass is 16.5. The van der Waals surface area contributed by atoms with Crippen molar-refractivity contribution in [3.63, 3.8) is 0 Å². The van der Waals surface area contributed by atoms with E-state index in [1.165, 1.54) is 12.1 Å². The minimum absolute atomic E-state index is 0.0545. The van der Waals surface area contributed by atoms with Gasteiger partial charge in [0.25, 0.3) is 0 Å². The van der Waals surface area contributed by atoms with Crippen molar-refractivity contribution in [1.29, 1.82) is 5.26 Å². The Morgan fingerprint density at radius 1 is 1.33 bits per heavy atom. The molecule has 0 saturated carbocycles. The molecule has 1 heterocycles. The molecule has 0 amide bonds. The smallest absolute Gasteiger partial charge is 0.335 e. The Morgan fingerprint density at radius 2 is 2.17 bits per heavy atom. The van der Waals surface area contributed by atoms with E-state index in [-0.39, 0.29) is 12.2 Å². The molecule has 0 fully saturated rings. The summed E-state index contributed by atoms with van der Waals surface area (Å²) in [4.78, 5) is 15.2. The predicted octanol–water partition coefficient (Wildman–Crippen LogP) is 3.54. The molecule has 24 heavy (non-hydrogen) atoms. The third-order valence-corrected chi connectivity index (χ3v) is 3.61. The van der Waals surface area contributed by atoms with Gasteiger partial charge in [-0.25, -0.2) is 9.78 Å². The summed E-state index contributed by atoms with van der Waals surface area (Å²) in [6.45, 7) is 2.07. The normalized spacial score (nSPS) is 10.5. The highest BCUT2D eigenvalue weighted by molar-refractivity contribution is 5.91. The van der Waals surface area contributed by atoms with Crippen LogP contribution in [0.1, 0.15) is 34.3 Å². The molecule has 0 spiro atoms. The van der Waals surface area contributed by atoms with E-state index in [2.05, 4.69) is 11.1 Å². The Kier molecular flexibility index (Phi) is 4.17. The second-order valence-corrected chi connectivity index (χ2v) is 5.18. The zero-order valence-electron chi connectivity index (χ0n) is 12.9. The van der Waals surface area contributed by atoms with Crippen molar-refractivity contribution < 1.29 is 19.1 Å². The van der Waals surface area contributed by atoms with E-state index in [0.29, 0.717) is 28.3 Å². The third kappa shape index (κ3) is 3.06. The van der Waals surface area contributed by atoms with Crippen molar-refractivity contribution in [2.24, 2.45) is 0 Å². The fourth-order valence-corrected chi connectivity index (χ4v) is 2.31. The van der Waals surface area contributed by atoms with E-state index in [1.54, 1.807) is 12.1 Å². The number of nitrogens with zero attached hydrogens (tertiary/aromatic N) is 2. The molecule has 3 rings (SSSR count). The van der Waals surface area contributed by atoms with Crippen LogP contribution in [0.4, 0.5) is 0 Å². The number of oxazole rings is 1. The highest BCUT2D eigenvalue weighted by Gasteiger charge is 2.11.